The van der Waals surface area contributed by atoms with Crippen molar-refractivity contribution in [3.05, 3.63) is 30.6 Å². The first-order valence-corrected chi connectivity index (χ1v) is 10.7. The highest BCUT2D eigenvalue weighted by Gasteiger charge is 2.21. The number of nitrogens with zero attached hydrogens (tertiary/aromatic N) is 2. The third-order valence-electron chi connectivity index (χ3n) is 5.48. The van der Waals surface area contributed by atoms with Gasteiger partial charge in [-0.25, -0.2) is 4.79 Å². The van der Waals surface area contributed by atoms with E-state index >= 15 is 0 Å². The topological polar surface area (TPSA) is 111 Å². The van der Waals surface area contributed by atoms with Gasteiger partial charge >= 0.3 is 6.03 Å². The quantitative estimate of drug-likeness (QED) is 0.445. The van der Waals surface area contributed by atoms with E-state index in [1.165, 1.54) is 19.3 Å². The Labute approximate surface area is 177 Å². The highest BCUT2D eigenvalue weighted by Crippen LogP contribution is 2.31. The molecule has 1 aliphatic rings. The average Bonchev–Trinajstić information content (AvgIpc) is 3.30. The van der Waals surface area contributed by atoms with Gasteiger partial charge in [0.1, 0.15) is 5.75 Å². The summed E-state index contributed by atoms with van der Waals surface area (Å²) in [6.45, 7) is 1.27. The first kappa shape index (κ1) is 22.1. The fraction of sp³-hybridized carbons (Fsp3) is 0.545. The number of amides is 2. The number of nitrogens with one attached hydrogen (secondary N) is 2. The van der Waals surface area contributed by atoms with Crippen LogP contribution in [0, 0.1) is 5.92 Å². The summed E-state index contributed by atoms with van der Waals surface area (Å²) in [7, 11) is 0. The van der Waals surface area contributed by atoms with Gasteiger partial charge in [-0.15, -0.1) is 0 Å². The van der Waals surface area contributed by atoms with Gasteiger partial charge in [0.05, 0.1) is 25.1 Å². The molecule has 4 N–H and O–H groups in total. The molecule has 3 rings (SSSR count). The average molecular weight is 417 g/mol. The molecule has 0 radical (unpaired) electrons. The number of hydrogen-bond acceptors (Lipinski definition) is 5. The van der Waals surface area contributed by atoms with Crippen molar-refractivity contribution < 1.29 is 19.7 Å². The van der Waals surface area contributed by atoms with E-state index in [-0.39, 0.29) is 19.2 Å². The predicted molar refractivity (Wildman–Crippen MR) is 115 cm³/mol. The first-order valence-electron chi connectivity index (χ1n) is 10.7. The zero-order valence-electron chi connectivity index (χ0n) is 17.3. The van der Waals surface area contributed by atoms with Crippen molar-refractivity contribution in [1.29, 1.82) is 0 Å². The lowest BCUT2D eigenvalue weighted by atomic mass is 9.89. The molecule has 1 saturated carbocycles. The minimum absolute atomic E-state index is 0.0365. The van der Waals surface area contributed by atoms with Gasteiger partial charge in [0.2, 0.25) is 0 Å². The molecule has 164 valence electrons. The van der Waals surface area contributed by atoms with Crippen molar-refractivity contribution in [1.82, 2.24) is 15.1 Å². The monoisotopic (exact) mass is 416 g/mol. The molecule has 8 nitrogen and oxygen atoms in total. The molecule has 1 heterocycles. The second-order valence-corrected chi connectivity index (χ2v) is 7.73. The van der Waals surface area contributed by atoms with Gasteiger partial charge in [-0.3, -0.25) is 5.10 Å². The second kappa shape index (κ2) is 11.6. The Morgan fingerprint density at radius 3 is 2.73 bits per heavy atom. The van der Waals surface area contributed by atoms with E-state index in [1.54, 1.807) is 17.3 Å². The van der Waals surface area contributed by atoms with Crippen LogP contribution >= 0.6 is 0 Å². The van der Waals surface area contributed by atoms with E-state index in [1.807, 2.05) is 18.2 Å². The van der Waals surface area contributed by atoms with Crippen LogP contribution in [0.3, 0.4) is 0 Å². The first-order chi connectivity index (χ1) is 14.7. The van der Waals surface area contributed by atoms with Crippen LogP contribution in [0.5, 0.6) is 5.75 Å². The summed E-state index contributed by atoms with van der Waals surface area (Å²) in [6.07, 6.45) is 9.95. The number of hydrogen-bond donors (Lipinski definition) is 4. The van der Waals surface area contributed by atoms with Gasteiger partial charge in [-0.05, 0) is 36.5 Å². The van der Waals surface area contributed by atoms with E-state index in [4.69, 9.17) is 9.84 Å². The lowest BCUT2D eigenvalue weighted by molar-refractivity contribution is 0.167. The molecule has 0 spiro atoms. The van der Waals surface area contributed by atoms with E-state index in [0.29, 0.717) is 43.5 Å². The smallest absolute Gasteiger partial charge is 0.322 e. The number of aliphatic hydroxyl groups is 2. The molecular weight excluding hydrogens is 384 g/mol. The number of rotatable bonds is 10. The summed E-state index contributed by atoms with van der Waals surface area (Å²) in [4.78, 5) is 14.7. The van der Waals surface area contributed by atoms with E-state index in [0.717, 1.165) is 24.0 Å². The molecule has 0 saturated heterocycles. The number of ether oxygens (including phenoxy) is 1. The number of anilines is 1. The molecule has 8 heteroatoms. The van der Waals surface area contributed by atoms with Crippen LogP contribution in [0.25, 0.3) is 11.1 Å². The number of benzene rings is 1. The second-order valence-electron chi connectivity index (χ2n) is 7.73. The summed E-state index contributed by atoms with van der Waals surface area (Å²) in [5, 5.41) is 28.2. The maximum Gasteiger partial charge on any atom is 0.322 e. The zero-order chi connectivity index (χ0) is 21.2. The molecule has 1 fully saturated rings. The zero-order valence-corrected chi connectivity index (χ0v) is 17.3. The molecule has 0 unspecified atom stereocenters. The molecule has 1 aromatic carbocycles. The third kappa shape index (κ3) is 6.21. The number of aromatic amines is 1. The molecule has 30 heavy (non-hydrogen) atoms. The summed E-state index contributed by atoms with van der Waals surface area (Å²) in [6, 6.07) is 5.33. The van der Waals surface area contributed by atoms with Gasteiger partial charge in [-0.2, -0.15) is 5.10 Å². The Hall–Kier alpha value is -2.58. The minimum Gasteiger partial charge on any atom is -0.491 e. The molecule has 1 aromatic heterocycles. The number of carbonyl (C=O) groups is 1. The molecule has 0 bridgehead atoms. The largest absolute Gasteiger partial charge is 0.491 e. The number of aliphatic hydroxyl groups excluding tert-OH is 2. The van der Waals surface area contributed by atoms with Crippen LogP contribution < -0.4 is 10.1 Å². The van der Waals surface area contributed by atoms with Crippen molar-refractivity contribution >= 4 is 11.7 Å². The van der Waals surface area contributed by atoms with Crippen LogP contribution in [-0.2, 0) is 0 Å². The number of aromatic nitrogens is 2. The lowest BCUT2D eigenvalue weighted by Crippen LogP contribution is -2.40. The summed E-state index contributed by atoms with van der Waals surface area (Å²) in [5.41, 5.74) is 2.39. The standard InChI is InChI=1S/C22H32N4O4/c27-10-4-12-30-21-13-18(19-14-23-24-15-19)7-8-20(21)25-22(29)26(9-11-28)16-17-5-2-1-3-6-17/h7-8,13-15,17,27-28H,1-6,9-12,16H2,(H,23,24)(H,25,29). The molecule has 1 aliphatic carbocycles. The van der Waals surface area contributed by atoms with Crippen molar-refractivity contribution in [2.45, 2.75) is 38.5 Å². The number of carbonyl (C=O) groups excluding carboxylic acids is 1. The summed E-state index contributed by atoms with van der Waals surface area (Å²) >= 11 is 0. The van der Waals surface area contributed by atoms with Crippen molar-refractivity contribution in [3.8, 4) is 16.9 Å². The Balaban J connectivity index is 1.73. The van der Waals surface area contributed by atoms with Crippen LogP contribution in [0.1, 0.15) is 38.5 Å². The Morgan fingerprint density at radius 2 is 2.03 bits per heavy atom. The molecule has 0 atom stereocenters. The van der Waals surface area contributed by atoms with Gasteiger partial charge in [0.25, 0.3) is 0 Å². The lowest BCUT2D eigenvalue weighted by Gasteiger charge is -2.29. The van der Waals surface area contributed by atoms with Crippen LogP contribution in [-0.4, -0.2) is 64.3 Å². The fourth-order valence-corrected chi connectivity index (χ4v) is 3.85. The summed E-state index contributed by atoms with van der Waals surface area (Å²) < 4.78 is 5.83. The summed E-state index contributed by atoms with van der Waals surface area (Å²) in [5.74, 6) is 1.02. The van der Waals surface area contributed by atoms with E-state index < -0.39 is 0 Å². The van der Waals surface area contributed by atoms with Crippen molar-refractivity contribution in [3.63, 3.8) is 0 Å². The van der Waals surface area contributed by atoms with E-state index in [9.17, 15) is 9.90 Å². The van der Waals surface area contributed by atoms with Gasteiger partial charge in [-0.1, -0.05) is 25.3 Å². The van der Waals surface area contributed by atoms with Crippen molar-refractivity contribution in [2.75, 3.05) is 38.2 Å². The van der Waals surface area contributed by atoms with Crippen molar-refractivity contribution in [2.24, 2.45) is 5.92 Å². The Morgan fingerprint density at radius 1 is 1.20 bits per heavy atom. The highest BCUT2D eigenvalue weighted by molar-refractivity contribution is 5.91. The van der Waals surface area contributed by atoms with Gasteiger partial charge in [0.15, 0.2) is 0 Å². The maximum absolute atomic E-state index is 13.0. The van der Waals surface area contributed by atoms with Crippen LogP contribution in [0.2, 0.25) is 0 Å². The third-order valence-corrected chi connectivity index (χ3v) is 5.48. The normalized spacial score (nSPS) is 14.5. The van der Waals surface area contributed by atoms with Gasteiger partial charge < -0.3 is 25.2 Å². The number of urea groups is 1. The molecule has 0 aliphatic heterocycles. The molecule has 2 aromatic rings. The van der Waals surface area contributed by atoms with Crippen LogP contribution in [0.15, 0.2) is 30.6 Å². The SMILES string of the molecule is O=C(Nc1ccc(-c2cn[nH]c2)cc1OCCCO)N(CCO)CC1CCCCC1. The van der Waals surface area contributed by atoms with Crippen LogP contribution in [0.4, 0.5) is 10.5 Å². The highest BCUT2D eigenvalue weighted by atomic mass is 16.5. The molecule has 2 amide bonds. The minimum atomic E-state index is -0.238. The Bertz CT molecular complexity index is 775. The predicted octanol–water partition coefficient (Wildman–Crippen LogP) is 3.24. The number of H-pyrrole nitrogens is 1. The molecular formula is C22H32N4O4. The van der Waals surface area contributed by atoms with E-state index in [2.05, 4.69) is 15.5 Å². The fourth-order valence-electron chi connectivity index (χ4n) is 3.85. The van der Waals surface area contributed by atoms with Gasteiger partial charge in [0, 0.05) is 37.9 Å². The Kier molecular flexibility index (Phi) is 8.53. The maximum atomic E-state index is 13.0.